The molecule has 6 heteroatoms. The van der Waals surface area contributed by atoms with Gasteiger partial charge in [-0.2, -0.15) is 0 Å². The maximum Gasteiger partial charge on any atom is 0.305 e. The molecular formula is C55H105NO5. The molecule has 0 aliphatic heterocycles. The second-order valence-corrected chi connectivity index (χ2v) is 18.6. The Morgan fingerprint density at radius 1 is 0.443 bits per heavy atom. The highest BCUT2D eigenvalue weighted by Gasteiger charge is 2.18. The van der Waals surface area contributed by atoms with Crippen LogP contribution in [0.3, 0.4) is 0 Å². The monoisotopic (exact) mass is 860 g/mol. The Labute approximate surface area is 380 Å². The van der Waals surface area contributed by atoms with E-state index in [1.54, 1.807) is 6.08 Å². The van der Waals surface area contributed by atoms with Crippen molar-refractivity contribution in [1.82, 2.24) is 5.32 Å². The minimum absolute atomic E-state index is 0.00318. The van der Waals surface area contributed by atoms with Crippen molar-refractivity contribution >= 4 is 11.9 Å². The number of ether oxygens (including phenoxy) is 1. The molecule has 2 unspecified atom stereocenters. The molecule has 2 atom stereocenters. The van der Waals surface area contributed by atoms with Crippen LogP contribution in [0.2, 0.25) is 0 Å². The molecule has 0 aromatic carbocycles. The summed E-state index contributed by atoms with van der Waals surface area (Å²) < 4.78 is 5.45. The summed E-state index contributed by atoms with van der Waals surface area (Å²) in [5.74, 6) is -0.0822. The Bertz CT molecular complexity index is 951. The number of carbonyl (C=O) groups excluding carboxylic acids is 2. The summed E-state index contributed by atoms with van der Waals surface area (Å²) in [5, 5.41) is 23.1. The lowest BCUT2D eigenvalue weighted by Gasteiger charge is -2.20. The normalized spacial score (nSPS) is 12.8. The van der Waals surface area contributed by atoms with E-state index < -0.39 is 12.1 Å². The first-order valence-corrected chi connectivity index (χ1v) is 27.1. The number of esters is 1. The van der Waals surface area contributed by atoms with Crippen molar-refractivity contribution in [2.45, 2.75) is 302 Å². The Hall–Kier alpha value is -1.66. The number of carbonyl (C=O) groups is 2. The fourth-order valence-electron chi connectivity index (χ4n) is 8.27. The van der Waals surface area contributed by atoms with Gasteiger partial charge in [-0.25, -0.2) is 0 Å². The molecule has 0 bridgehead atoms. The van der Waals surface area contributed by atoms with Gasteiger partial charge in [0.1, 0.15) is 0 Å². The van der Waals surface area contributed by atoms with Crippen molar-refractivity contribution in [3.8, 4) is 0 Å². The van der Waals surface area contributed by atoms with Crippen LogP contribution >= 0.6 is 0 Å². The number of hydrogen-bond acceptors (Lipinski definition) is 5. The summed E-state index contributed by atoms with van der Waals surface area (Å²) >= 11 is 0. The average molecular weight is 860 g/mol. The van der Waals surface area contributed by atoms with Gasteiger partial charge in [-0.15, -0.1) is 0 Å². The zero-order chi connectivity index (χ0) is 44.4. The maximum atomic E-state index is 12.4. The standard InChI is InChI=1S/C55H105NO5/c1-3-5-7-9-11-13-15-16-17-21-24-28-31-35-39-43-47-53(58)52(51-57)56-54(59)48-44-40-36-32-29-25-22-19-18-20-23-26-30-34-38-42-46-50-61-55(60)49-45-41-37-33-27-14-12-10-8-6-4-2/h18,20,43,47,52-53,57-58H,3-17,19,21-42,44-46,48-51H2,1-2H3,(H,56,59)/b20-18-,47-43+. The molecule has 0 aromatic rings. The van der Waals surface area contributed by atoms with Crippen LogP contribution < -0.4 is 5.32 Å². The van der Waals surface area contributed by atoms with Gasteiger partial charge in [0, 0.05) is 12.8 Å². The lowest BCUT2D eigenvalue weighted by atomic mass is 10.0. The van der Waals surface area contributed by atoms with E-state index in [4.69, 9.17) is 4.74 Å². The van der Waals surface area contributed by atoms with Crippen molar-refractivity contribution < 1.29 is 24.5 Å². The van der Waals surface area contributed by atoms with Gasteiger partial charge in [0.25, 0.3) is 0 Å². The predicted molar refractivity (Wildman–Crippen MR) is 264 cm³/mol. The Balaban J connectivity index is 3.50. The van der Waals surface area contributed by atoms with Crippen molar-refractivity contribution in [2.75, 3.05) is 13.2 Å². The lowest BCUT2D eigenvalue weighted by molar-refractivity contribution is -0.143. The molecule has 0 fully saturated rings. The zero-order valence-electron chi connectivity index (χ0n) is 40.9. The van der Waals surface area contributed by atoms with E-state index in [9.17, 15) is 19.8 Å². The van der Waals surface area contributed by atoms with Crippen LogP contribution in [-0.4, -0.2) is 47.4 Å². The Morgan fingerprint density at radius 3 is 1.16 bits per heavy atom. The van der Waals surface area contributed by atoms with Crippen LogP contribution in [0.15, 0.2) is 24.3 Å². The number of allylic oxidation sites excluding steroid dienone is 3. The highest BCUT2D eigenvalue weighted by molar-refractivity contribution is 5.76. The fourth-order valence-corrected chi connectivity index (χ4v) is 8.27. The molecule has 0 radical (unpaired) electrons. The van der Waals surface area contributed by atoms with Gasteiger partial charge >= 0.3 is 5.97 Å². The van der Waals surface area contributed by atoms with E-state index in [2.05, 4.69) is 31.3 Å². The third-order valence-corrected chi connectivity index (χ3v) is 12.5. The molecule has 1 amide bonds. The first kappa shape index (κ1) is 59.3. The van der Waals surface area contributed by atoms with Gasteiger partial charge in [-0.3, -0.25) is 9.59 Å². The van der Waals surface area contributed by atoms with Crippen LogP contribution in [0.1, 0.15) is 290 Å². The summed E-state index contributed by atoms with van der Waals surface area (Å²) in [4.78, 5) is 24.4. The van der Waals surface area contributed by atoms with Crippen molar-refractivity contribution in [3.05, 3.63) is 24.3 Å². The molecule has 61 heavy (non-hydrogen) atoms. The second-order valence-electron chi connectivity index (χ2n) is 18.6. The topological polar surface area (TPSA) is 95.9 Å². The predicted octanol–water partition coefficient (Wildman–Crippen LogP) is 16.3. The molecule has 0 spiro atoms. The van der Waals surface area contributed by atoms with E-state index >= 15 is 0 Å². The van der Waals surface area contributed by atoms with E-state index in [1.165, 1.54) is 205 Å². The highest BCUT2D eigenvalue weighted by Crippen LogP contribution is 2.16. The minimum Gasteiger partial charge on any atom is -0.466 e. The number of aliphatic hydroxyl groups excluding tert-OH is 2. The summed E-state index contributed by atoms with van der Waals surface area (Å²) in [6.45, 7) is 4.88. The second kappa shape index (κ2) is 51.0. The van der Waals surface area contributed by atoms with Crippen LogP contribution in [0.25, 0.3) is 0 Å². The van der Waals surface area contributed by atoms with Gasteiger partial charge in [-0.1, -0.05) is 244 Å². The van der Waals surface area contributed by atoms with Gasteiger partial charge in [0.15, 0.2) is 0 Å². The number of amides is 1. The van der Waals surface area contributed by atoms with Crippen molar-refractivity contribution in [3.63, 3.8) is 0 Å². The fraction of sp³-hybridized carbons (Fsp3) is 0.891. The smallest absolute Gasteiger partial charge is 0.305 e. The molecule has 0 aromatic heterocycles. The lowest BCUT2D eigenvalue weighted by Crippen LogP contribution is -2.45. The number of hydrogen-bond donors (Lipinski definition) is 3. The van der Waals surface area contributed by atoms with Gasteiger partial charge in [-0.05, 0) is 57.8 Å². The quantitative estimate of drug-likeness (QED) is 0.0322. The van der Waals surface area contributed by atoms with Gasteiger partial charge in [0.2, 0.25) is 5.91 Å². The molecular weight excluding hydrogens is 755 g/mol. The molecule has 3 N–H and O–H groups in total. The number of unbranched alkanes of at least 4 members (excludes halogenated alkanes) is 37. The van der Waals surface area contributed by atoms with E-state index in [1.807, 2.05) is 6.08 Å². The zero-order valence-corrected chi connectivity index (χ0v) is 40.9. The summed E-state index contributed by atoms with van der Waals surface area (Å²) in [6, 6.07) is -0.636. The first-order valence-electron chi connectivity index (χ1n) is 27.1. The molecule has 360 valence electrons. The molecule has 0 aliphatic carbocycles. The van der Waals surface area contributed by atoms with E-state index in [0.29, 0.717) is 19.4 Å². The largest absolute Gasteiger partial charge is 0.466 e. The molecule has 0 rings (SSSR count). The highest BCUT2D eigenvalue weighted by atomic mass is 16.5. The molecule has 6 nitrogen and oxygen atoms in total. The van der Waals surface area contributed by atoms with Crippen molar-refractivity contribution in [2.24, 2.45) is 0 Å². The van der Waals surface area contributed by atoms with Gasteiger partial charge < -0.3 is 20.3 Å². The van der Waals surface area contributed by atoms with Crippen LogP contribution in [0, 0.1) is 0 Å². The maximum absolute atomic E-state index is 12.4. The number of rotatable bonds is 50. The van der Waals surface area contributed by atoms with Crippen LogP contribution in [0.4, 0.5) is 0 Å². The van der Waals surface area contributed by atoms with E-state index in [-0.39, 0.29) is 18.5 Å². The third-order valence-electron chi connectivity index (χ3n) is 12.5. The SMILES string of the molecule is CCCCCCCCCCCCCCCC/C=C/C(O)C(CO)NC(=O)CCCCCCCCC/C=C\CCCCCCCCOC(=O)CCCCCCCCCCCCC. The first-order chi connectivity index (χ1) is 30.0. The molecule has 0 saturated carbocycles. The summed E-state index contributed by atoms with van der Waals surface area (Å²) in [5.41, 5.74) is 0. The van der Waals surface area contributed by atoms with Gasteiger partial charge in [0.05, 0.1) is 25.4 Å². The average Bonchev–Trinajstić information content (AvgIpc) is 3.26. The number of aliphatic hydroxyl groups is 2. The molecule has 0 saturated heterocycles. The van der Waals surface area contributed by atoms with Crippen molar-refractivity contribution in [1.29, 1.82) is 0 Å². The van der Waals surface area contributed by atoms with Crippen LogP contribution in [0.5, 0.6) is 0 Å². The molecule has 0 heterocycles. The summed E-state index contributed by atoms with van der Waals surface area (Å²) in [7, 11) is 0. The number of nitrogens with one attached hydrogen (secondary N) is 1. The molecule has 0 aliphatic rings. The third kappa shape index (κ3) is 47.7. The Kier molecular flexibility index (Phi) is 49.6. The minimum atomic E-state index is -0.851. The Morgan fingerprint density at radius 2 is 0.770 bits per heavy atom. The van der Waals surface area contributed by atoms with Crippen LogP contribution in [-0.2, 0) is 14.3 Å². The van der Waals surface area contributed by atoms with E-state index in [0.717, 1.165) is 57.8 Å². The summed E-state index contributed by atoms with van der Waals surface area (Å²) in [6.07, 6.45) is 60.4.